The van der Waals surface area contributed by atoms with Crippen LogP contribution in [0.25, 0.3) is 22.5 Å². The summed E-state index contributed by atoms with van der Waals surface area (Å²) >= 11 is 0. The van der Waals surface area contributed by atoms with Crippen LogP contribution in [0.2, 0.25) is 0 Å². The van der Waals surface area contributed by atoms with E-state index in [1.807, 2.05) is 57.0 Å². The fourth-order valence-corrected chi connectivity index (χ4v) is 10.2. The van der Waals surface area contributed by atoms with Crippen molar-refractivity contribution in [1.82, 2.24) is 40.4 Å². The number of H-pyrrole nitrogens is 2. The first-order valence-corrected chi connectivity index (χ1v) is 22.1. The molecular formula is C47H58F2N8O7. The largest absolute Gasteiger partial charge is 0.457 e. The van der Waals surface area contributed by atoms with E-state index in [0.29, 0.717) is 46.6 Å². The Balaban J connectivity index is 1.04. The van der Waals surface area contributed by atoms with Gasteiger partial charge in [-0.1, -0.05) is 54.4 Å². The first kappa shape index (κ1) is 44.6. The van der Waals surface area contributed by atoms with Crippen LogP contribution in [0.1, 0.15) is 115 Å². The number of aromatic amines is 2. The first-order valence-electron chi connectivity index (χ1n) is 22.1. The standard InChI is InChI=1S/C47H58F2N8O7/c1-24(2)38(54-44(60)62-7)42(58)56-22-27(48)16-34(56)40-51-21-33(53-40)28-17-37-30(18-31(28)49)46(5,6)29-15-26(11-12-36(29)64-37)32-20-50-41(52-32)35-19-47(13-9-10-14-47)23-57(35)43(59)39(25(3)4)55-45(61)63-8/h11-12,15,17-18,20-21,24-25,27,34-35,38-39H,9-10,13-14,16,19,22-23H2,1-8H3,(H,50,52)(H,51,53)(H,54,60)(H,55,61)/t27?,34-,35?,38-,39-/m0/s1. The molecule has 0 bridgehead atoms. The van der Waals surface area contributed by atoms with Gasteiger partial charge in [-0.15, -0.1) is 0 Å². The maximum absolute atomic E-state index is 16.3. The number of hydrogen-bond acceptors (Lipinski definition) is 9. The summed E-state index contributed by atoms with van der Waals surface area (Å²) in [6.07, 6.45) is 5.62. The SMILES string of the molecule is COC(=O)N[C@H](C(=O)N1CC2(CCCC2)CC1c1nc(-c2ccc3c(c2)C(C)(C)c2cc(F)c(-c4cnc([C@@H]5CC(F)CN5C(=O)[C@@H](NC(=O)OC)C(C)C)[nH]4)cc2O3)c[nH]1)C(C)C. The molecule has 342 valence electrons. The maximum Gasteiger partial charge on any atom is 0.407 e. The third-order valence-electron chi connectivity index (χ3n) is 13.8. The van der Waals surface area contributed by atoms with E-state index < -0.39 is 53.6 Å². The summed E-state index contributed by atoms with van der Waals surface area (Å²) in [5, 5.41) is 5.31. The van der Waals surface area contributed by atoms with Gasteiger partial charge in [0.25, 0.3) is 0 Å². The number of ether oxygens (including phenoxy) is 3. The Morgan fingerprint density at radius 3 is 2.16 bits per heavy atom. The van der Waals surface area contributed by atoms with E-state index in [1.165, 1.54) is 31.4 Å². The number of benzene rings is 2. The molecule has 64 heavy (non-hydrogen) atoms. The average Bonchev–Trinajstić information content (AvgIpc) is 4.13. The maximum atomic E-state index is 16.3. The molecule has 4 aliphatic rings. The van der Waals surface area contributed by atoms with Crippen molar-refractivity contribution in [2.24, 2.45) is 17.3 Å². The molecule has 4 amide bonds. The van der Waals surface area contributed by atoms with Gasteiger partial charge in [0.1, 0.15) is 47.2 Å². The Morgan fingerprint density at radius 2 is 1.52 bits per heavy atom. The van der Waals surface area contributed by atoms with Crippen LogP contribution in [0.15, 0.2) is 42.7 Å². The number of nitrogens with one attached hydrogen (secondary N) is 4. The van der Waals surface area contributed by atoms with Gasteiger partial charge in [-0.3, -0.25) is 9.59 Å². The van der Waals surface area contributed by atoms with Gasteiger partial charge >= 0.3 is 12.2 Å². The number of halogens is 2. The number of carbonyl (C=O) groups excluding carboxylic acids is 4. The number of imidazole rings is 2. The predicted octanol–water partition coefficient (Wildman–Crippen LogP) is 8.24. The number of methoxy groups -OCH3 is 2. The van der Waals surface area contributed by atoms with Crippen LogP contribution in [-0.2, 0) is 24.5 Å². The molecule has 5 atom stereocenters. The number of fused-ring (bicyclic) bond motifs is 2. The number of carbonyl (C=O) groups is 4. The second-order valence-electron chi connectivity index (χ2n) is 19.1. The summed E-state index contributed by atoms with van der Waals surface area (Å²) in [7, 11) is 2.49. The van der Waals surface area contributed by atoms with Gasteiger partial charge in [0.2, 0.25) is 11.8 Å². The summed E-state index contributed by atoms with van der Waals surface area (Å²) in [5.74, 6) is 0.415. The number of amides is 4. The van der Waals surface area contributed by atoms with E-state index in [0.717, 1.165) is 43.2 Å². The molecule has 15 nitrogen and oxygen atoms in total. The fourth-order valence-electron chi connectivity index (χ4n) is 10.2. The number of aromatic nitrogens is 4. The van der Waals surface area contributed by atoms with E-state index >= 15 is 4.39 Å². The van der Waals surface area contributed by atoms with Crippen molar-refractivity contribution in [2.45, 2.75) is 116 Å². The molecule has 3 aliphatic heterocycles. The Labute approximate surface area is 371 Å². The Morgan fingerprint density at radius 1 is 0.875 bits per heavy atom. The van der Waals surface area contributed by atoms with Gasteiger partial charge in [-0.2, -0.15) is 0 Å². The highest BCUT2D eigenvalue weighted by Gasteiger charge is 2.50. The minimum atomic E-state index is -1.32. The molecular weight excluding hydrogens is 827 g/mol. The molecule has 8 rings (SSSR count). The lowest BCUT2D eigenvalue weighted by molar-refractivity contribution is -0.136. The Bertz CT molecular complexity index is 2440. The van der Waals surface area contributed by atoms with Crippen LogP contribution in [0.4, 0.5) is 18.4 Å². The number of hydrogen-bond donors (Lipinski definition) is 4. The molecule has 5 heterocycles. The zero-order chi connectivity index (χ0) is 45.8. The van der Waals surface area contributed by atoms with E-state index in [-0.39, 0.29) is 47.7 Å². The van der Waals surface area contributed by atoms with Gasteiger partial charge in [-0.05, 0) is 66.8 Å². The van der Waals surface area contributed by atoms with Crippen molar-refractivity contribution in [3.63, 3.8) is 0 Å². The second-order valence-corrected chi connectivity index (χ2v) is 19.1. The molecule has 3 fully saturated rings. The minimum Gasteiger partial charge on any atom is -0.457 e. The minimum absolute atomic E-state index is 0.00496. The van der Waals surface area contributed by atoms with Crippen molar-refractivity contribution >= 4 is 24.0 Å². The van der Waals surface area contributed by atoms with Crippen molar-refractivity contribution in [3.8, 4) is 34.0 Å². The van der Waals surface area contributed by atoms with Crippen LogP contribution < -0.4 is 15.4 Å². The lowest BCUT2D eigenvalue weighted by Gasteiger charge is -2.35. The normalized spacial score (nSPS) is 21.7. The lowest BCUT2D eigenvalue weighted by atomic mass is 9.75. The molecule has 17 heteroatoms. The number of likely N-dealkylation sites (tertiary alicyclic amines) is 2. The molecule has 1 aliphatic carbocycles. The van der Waals surface area contributed by atoms with E-state index in [9.17, 15) is 23.6 Å². The van der Waals surface area contributed by atoms with Gasteiger partial charge in [0.15, 0.2) is 0 Å². The summed E-state index contributed by atoms with van der Waals surface area (Å²) in [6.45, 7) is 11.8. The van der Waals surface area contributed by atoms with Crippen molar-refractivity contribution < 1.29 is 42.2 Å². The number of nitrogens with zero attached hydrogens (tertiary/aromatic N) is 4. The van der Waals surface area contributed by atoms with E-state index in [4.69, 9.17) is 19.2 Å². The van der Waals surface area contributed by atoms with Gasteiger partial charge in [-0.25, -0.2) is 28.3 Å². The molecule has 1 saturated carbocycles. The quantitative estimate of drug-likeness (QED) is 0.122. The lowest BCUT2D eigenvalue weighted by Crippen LogP contribution is -2.51. The van der Waals surface area contributed by atoms with Crippen LogP contribution in [0.5, 0.6) is 11.5 Å². The molecule has 2 aromatic carbocycles. The molecule has 2 saturated heterocycles. The zero-order valence-corrected chi connectivity index (χ0v) is 37.6. The van der Waals surface area contributed by atoms with Crippen LogP contribution in [0.3, 0.4) is 0 Å². The first-order chi connectivity index (χ1) is 30.4. The third-order valence-corrected chi connectivity index (χ3v) is 13.8. The highest BCUT2D eigenvalue weighted by atomic mass is 19.1. The summed E-state index contributed by atoms with van der Waals surface area (Å²) in [5.41, 5.74) is 2.78. The van der Waals surface area contributed by atoms with Gasteiger partial charge in [0.05, 0.1) is 50.4 Å². The molecule has 4 aromatic rings. The smallest absolute Gasteiger partial charge is 0.407 e. The van der Waals surface area contributed by atoms with Gasteiger partial charge in [0, 0.05) is 46.8 Å². The highest BCUT2D eigenvalue weighted by Crippen LogP contribution is 2.53. The predicted molar refractivity (Wildman–Crippen MR) is 232 cm³/mol. The molecule has 2 aromatic heterocycles. The van der Waals surface area contributed by atoms with Crippen LogP contribution in [0, 0.1) is 23.1 Å². The topological polar surface area (TPSA) is 184 Å². The third kappa shape index (κ3) is 8.17. The van der Waals surface area contributed by atoms with Crippen LogP contribution in [-0.4, -0.2) is 99.3 Å². The van der Waals surface area contributed by atoms with E-state index in [1.54, 1.807) is 19.9 Å². The molecule has 0 radical (unpaired) electrons. The number of alkyl halides is 1. The van der Waals surface area contributed by atoms with E-state index in [2.05, 4.69) is 25.6 Å². The Hall–Kier alpha value is -6.00. The fraction of sp³-hybridized carbons (Fsp3) is 0.532. The molecule has 4 N–H and O–H groups in total. The summed E-state index contributed by atoms with van der Waals surface area (Å²) in [4.78, 5) is 71.5. The number of alkyl carbamates (subject to hydrolysis) is 2. The summed E-state index contributed by atoms with van der Waals surface area (Å²) in [6, 6.07) is 6.13. The van der Waals surface area contributed by atoms with Crippen molar-refractivity contribution in [1.29, 1.82) is 0 Å². The molecule has 1 spiro atoms. The highest BCUT2D eigenvalue weighted by molar-refractivity contribution is 5.87. The monoisotopic (exact) mass is 884 g/mol. The van der Waals surface area contributed by atoms with Crippen molar-refractivity contribution in [2.75, 3.05) is 27.3 Å². The number of rotatable bonds is 10. The van der Waals surface area contributed by atoms with Crippen LogP contribution >= 0.6 is 0 Å². The molecule has 2 unspecified atom stereocenters. The Kier molecular flexibility index (Phi) is 12.0. The van der Waals surface area contributed by atoms with Crippen molar-refractivity contribution in [3.05, 3.63) is 71.3 Å². The summed E-state index contributed by atoms with van der Waals surface area (Å²) < 4.78 is 47.3. The second kappa shape index (κ2) is 17.2. The van der Waals surface area contributed by atoms with Gasteiger partial charge < -0.3 is 44.6 Å². The zero-order valence-electron chi connectivity index (χ0n) is 37.6. The average molecular weight is 885 g/mol.